The van der Waals surface area contributed by atoms with E-state index in [0.717, 1.165) is 17.4 Å². The Morgan fingerprint density at radius 1 is 1.21 bits per heavy atom. The molecule has 34 heavy (non-hydrogen) atoms. The number of nitrogens with one attached hydrogen (secondary N) is 1. The standard InChI is InChI=1S/C23H26F2N4O4S/c1-12-11-28(6-7-29(12)22(31)33-23(3,4)5)18-10-16(25)20(34-18)21(30)27-14-8-15(24)19-17(9-14)32-13(2)26-19/h8-10,12H,6-7,11H2,1-5H3,(H,27,30). The molecule has 3 aromatic rings. The number of hydrogen-bond acceptors (Lipinski definition) is 7. The van der Waals surface area contributed by atoms with Gasteiger partial charge in [-0.15, -0.1) is 11.3 Å². The monoisotopic (exact) mass is 492 g/mol. The van der Waals surface area contributed by atoms with E-state index in [-0.39, 0.29) is 33.8 Å². The van der Waals surface area contributed by atoms with Crippen molar-refractivity contribution in [2.24, 2.45) is 0 Å². The van der Waals surface area contributed by atoms with Crippen molar-refractivity contribution in [1.29, 1.82) is 0 Å². The second-order valence-corrected chi connectivity index (χ2v) is 10.3. The van der Waals surface area contributed by atoms with Crippen LogP contribution in [0.5, 0.6) is 0 Å². The maximum atomic E-state index is 14.7. The summed E-state index contributed by atoms with van der Waals surface area (Å²) in [5, 5.41) is 3.10. The molecule has 1 aromatic carbocycles. The number of hydrogen-bond donors (Lipinski definition) is 1. The first-order valence-corrected chi connectivity index (χ1v) is 11.6. The third kappa shape index (κ3) is 4.98. The number of carbonyl (C=O) groups is 2. The summed E-state index contributed by atoms with van der Waals surface area (Å²) in [7, 11) is 0. The van der Waals surface area contributed by atoms with Crippen LogP contribution in [0.25, 0.3) is 11.1 Å². The minimum atomic E-state index is -0.691. The average Bonchev–Trinajstić information content (AvgIpc) is 3.29. The molecule has 1 atom stereocenters. The number of ether oxygens (including phenoxy) is 1. The third-order valence-electron chi connectivity index (χ3n) is 5.26. The SMILES string of the molecule is Cc1nc2c(F)cc(NC(=O)c3sc(N4CCN(C(=O)OC(C)(C)C)C(C)C4)cc3F)cc2o1. The van der Waals surface area contributed by atoms with Gasteiger partial charge in [0, 0.05) is 50.4 Å². The summed E-state index contributed by atoms with van der Waals surface area (Å²) < 4.78 is 39.7. The molecule has 1 aliphatic heterocycles. The molecule has 182 valence electrons. The number of aromatic nitrogens is 1. The van der Waals surface area contributed by atoms with Gasteiger partial charge in [-0.2, -0.15) is 0 Å². The van der Waals surface area contributed by atoms with E-state index < -0.39 is 23.1 Å². The van der Waals surface area contributed by atoms with Crippen molar-refractivity contribution < 1.29 is 27.5 Å². The Bertz CT molecular complexity index is 1250. The van der Waals surface area contributed by atoms with Gasteiger partial charge in [0.2, 0.25) is 0 Å². The molecule has 0 radical (unpaired) electrons. The lowest BCUT2D eigenvalue weighted by molar-refractivity contribution is 0.0159. The van der Waals surface area contributed by atoms with Gasteiger partial charge in [0.05, 0.1) is 5.00 Å². The van der Waals surface area contributed by atoms with E-state index in [0.29, 0.717) is 30.5 Å². The number of amides is 2. The summed E-state index contributed by atoms with van der Waals surface area (Å²) >= 11 is 1.00. The number of rotatable bonds is 3. The van der Waals surface area contributed by atoms with Gasteiger partial charge < -0.3 is 24.3 Å². The van der Waals surface area contributed by atoms with Gasteiger partial charge in [0.15, 0.2) is 17.3 Å². The van der Waals surface area contributed by atoms with Crippen LogP contribution < -0.4 is 10.2 Å². The zero-order chi connectivity index (χ0) is 24.8. The van der Waals surface area contributed by atoms with E-state index in [4.69, 9.17) is 9.15 Å². The highest BCUT2D eigenvalue weighted by molar-refractivity contribution is 7.18. The second kappa shape index (κ2) is 8.86. The number of carbonyl (C=O) groups excluding carboxylic acids is 2. The van der Waals surface area contributed by atoms with E-state index in [1.165, 1.54) is 12.1 Å². The van der Waals surface area contributed by atoms with E-state index in [9.17, 15) is 18.4 Å². The van der Waals surface area contributed by atoms with Crippen molar-refractivity contribution >= 4 is 45.1 Å². The molecule has 1 saturated heterocycles. The molecule has 0 aliphatic carbocycles. The van der Waals surface area contributed by atoms with Gasteiger partial charge in [-0.1, -0.05) is 0 Å². The van der Waals surface area contributed by atoms with Crippen LogP contribution in [0.2, 0.25) is 0 Å². The summed E-state index contributed by atoms with van der Waals surface area (Å²) in [5.41, 5.74) is -0.191. The van der Waals surface area contributed by atoms with E-state index in [2.05, 4.69) is 10.3 Å². The Hall–Kier alpha value is -3.21. The molecule has 1 fully saturated rings. The number of oxazole rings is 1. The lowest BCUT2D eigenvalue weighted by Crippen LogP contribution is -2.55. The highest BCUT2D eigenvalue weighted by Crippen LogP contribution is 2.32. The molecule has 11 heteroatoms. The highest BCUT2D eigenvalue weighted by Gasteiger charge is 2.32. The Morgan fingerprint density at radius 3 is 2.62 bits per heavy atom. The minimum Gasteiger partial charge on any atom is -0.444 e. The molecule has 1 unspecified atom stereocenters. The Balaban J connectivity index is 1.45. The summed E-state index contributed by atoms with van der Waals surface area (Å²) in [6, 6.07) is 3.71. The van der Waals surface area contributed by atoms with Crippen molar-refractivity contribution in [3.63, 3.8) is 0 Å². The van der Waals surface area contributed by atoms with Gasteiger partial charge in [-0.05, 0) is 33.8 Å². The topological polar surface area (TPSA) is 87.9 Å². The molecule has 0 spiro atoms. The van der Waals surface area contributed by atoms with Crippen molar-refractivity contribution in [3.8, 4) is 0 Å². The highest BCUT2D eigenvalue weighted by atomic mass is 32.1. The fourth-order valence-electron chi connectivity index (χ4n) is 3.78. The zero-order valence-electron chi connectivity index (χ0n) is 19.6. The van der Waals surface area contributed by atoms with Gasteiger partial charge in [-0.25, -0.2) is 18.6 Å². The summed E-state index contributed by atoms with van der Waals surface area (Å²) in [6.07, 6.45) is -0.386. The van der Waals surface area contributed by atoms with Crippen LogP contribution in [0.3, 0.4) is 0 Å². The van der Waals surface area contributed by atoms with Crippen LogP contribution in [0.15, 0.2) is 22.6 Å². The van der Waals surface area contributed by atoms with Gasteiger partial charge in [0.25, 0.3) is 5.91 Å². The van der Waals surface area contributed by atoms with Crippen LogP contribution in [0, 0.1) is 18.6 Å². The first-order valence-electron chi connectivity index (χ1n) is 10.8. The number of thiophene rings is 1. The van der Waals surface area contributed by atoms with Crippen molar-refractivity contribution in [1.82, 2.24) is 9.88 Å². The predicted molar refractivity (Wildman–Crippen MR) is 126 cm³/mol. The lowest BCUT2D eigenvalue weighted by atomic mass is 10.2. The van der Waals surface area contributed by atoms with Gasteiger partial charge in [-0.3, -0.25) is 4.79 Å². The summed E-state index contributed by atoms with van der Waals surface area (Å²) in [5.74, 6) is -1.71. The smallest absolute Gasteiger partial charge is 0.410 e. The van der Waals surface area contributed by atoms with Crippen molar-refractivity contribution in [2.45, 2.75) is 46.3 Å². The Morgan fingerprint density at radius 2 is 1.94 bits per heavy atom. The summed E-state index contributed by atoms with van der Waals surface area (Å²) in [6.45, 7) is 10.3. The van der Waals surface area contributed by atoms with Crippen LogP contribution in [-0.4, -0.2) is 53.2 Å². The molecule has 1 aliphatic rings. The fourth-order valence-corrected chi connectivity index (χ4v) is 4.74. The number of fused-ring (bicyclic) bond motifs is 1. The van der Waals surface area contributed by atoms with Crippen molar-refractivity contribution in [2.75, 3.05) is 29.9 Å². The summed E-state index contributed by atoms with van der Waals surface area (Å²) in [4.78, 5) is 32.6. The molecule has 3 heterocycles. The maximum Gasteiger partial charge on any atom is 0.410 e. The molecular weight excluding hydrogens is 466 g/mol. The first kappa shape index (κ1) is 23.9. The number of aryl methyl sites for hydroxylation is 1. The average molecular weight is 493 g/mol. The van der Waals surface area contributed by atoms with Crippen LogP contribution in [-0.2, 0) is 4.74 Å². The Labute approximate surface area is 199 Å². The molecule has 2 aromatic heterocycles. The van der Waals surface area contributed by atoms with Crippen molar-refractivity contribution in [3.05, 3.63) is 40.6 Å². The van der Waals surface area contributed by atoms with Crippen LogP contribution >= 0.6 is 11.3 Å². The van der Waals surface area contributed by atoms with E-state index >= 15 is 0 Å². The Kier molecular flexibility index (Phi) is 6.24. The number of benzene rings is 1. The van der Waals surface area contributed by atoms with Gasteiger partial charge in [0.1, 0.15) is 21.8 Å². The van der Waals surface area contributed by atoms with Crippen LogP contribution in [0.4, 0.5) is 24.3 Å². The number of halogens is 2. The van der Waals surface area contributed by atoms with Gasteiger partial charge >= 0.3 is 6.09 Å². The number of nitrogens with zero attached hydrogens (tertiary/aromatic N) is 3. The predicted octanol–water partition coefficient (Wildman–Crippen LogP) is 5.17. The van der Waals surface area contributed by atoms with E-state index in [1.807, 2.05) is 32.6 Å². The number of piperazine rings is 1. The minimum absolute atomic E-state index is 0.0692. The molecule has 0 saturated carbocycles. The van der Waals surface area contributed by atoms with Crippen LogP contribution in [0.1, 0.15) is 43.3 Å². The van der Waals surface area contributed by atoms with E-state index in [1.54, 1.807) is 11.8 Å². The molecule has 2 amide bonds. The maximum absolute atomic E-state index is 14.7. The second-order valence-electron chi connectivity index (χ2n) is 9.22. The lowest BCUT2D eigenvalue weighted by Gasteiger charge is -2.40. The largest absolute Gasteiger partial charge is 0.444 e. The number of anilines is 2. The normalized spacial score (nSPS) is 16.7. The third-order valence-corrected chi connectivity index (χ3v) is 6.43. The zero-order valence-corrected chi connectivity index (χ0v) is 20.4. The fraction of sp³-hybridized carbons (Fsp3) is 0.435. The molecule has 1 N–H and O–H groups in total. The molecular formula is C23H26F2N4O4S. The molecule has 8 nitrogen and oxygen atoms in total. The first-order chi connectivity index (χ1) is 15.9. The molecule has 0 bridgehead atoms. The molecule has 4 rings (SSSR count). The quantitative estimate of drug-likeness (QED) is 0.543.